The number of halogens is 2. The summed E-state index contributed by atoms with van der Waals surface area (Å²) in [6, 6.07) is 10.9. The Hall–Kier alpha value is -0.850. The standard InChI is InChI=1S/C17H19Br2NO2S/c1-4-12-9-14(18)6-8-17(12)23(21,22)20-16-7-5-13(11(2)3)10-15(16)19/h5-11,20H,4H2,1-3H3. The van der Waals surface area contributed by atoms with Crippen molar-refractivity contribution in [2.75, 3.05) is 4.72 Å². The fourth-order valence-corrected chi connectivity index (χ4v) is 4.67. The molecular formula is C17H19Br2NO2S. The number of hydrogen-bond acceptors (Lipinski definition) is 2. The Bertz CT molecular complexity index is 817. The molecule has 0 fully saturated rings. The summed E-state index contributed by atoms with van der Waals surface area (Å²) >= 11 is 6.83. The molecule has 0 bridgehead atoms. The van der Waals surface area contributed by atoms with Gasteiger partial charge < -0.3 is 0 Å². The van der Waals surface area contributed by atoms with Crippen molar-refractivity contribution in [3.63, 3.8) is 0 Å². The number of rotatable bonds is 5. The Morgan fingerprint density at radius 2 is 1.78 bits per heavy atom. The lowest BCUT2D eigenvalue weighted by Crippen LogP contribution is -2.15. The monoisotopic (exact) mass is 459 g/mol. The third-order valence-electron chi connectivity index (χ3n) is 3.60. The van der Waals surface area contributed by atoms with E-state index in [1.807, 2.05) is 25.1 Å². The van der Waals surface area contributed by atoms with Crippen LogP contribution in [0.4, 0.5) is 5.69 Å². The second kappa shape index (κ2) is 7.36. The lowest BCUT2D eigenvalue weighted by molar-refractivity contribution is 0.600. The first kappa shape index (κ1) is 18.5. The fraction of sp³-hybridized carbons (Fsp3) is 0.294. The minimum Gasteiger partial charge on any atom is -0.278 e. The van der Waals surface area contributed by atoms with Crippen molar-refractivity contribution in [1.82, 2.24) is 0 Å². The van der Waals surface area contributed by atoms with Crippen LogP contribution in [0, 0.1) is 0 Å². The van der Waals surface area contributed by atoms with Gasteiger partial charge in [0.1, 0.15) is 0 Å². The maximum absolute atomic E-state index is 12.7. The van der Waals surface area contributed by atoms with Crippen molar-refractivity contribution >= 4 is 47.6 Å². The first-order valence-electron chi connectivity index (χ1n) is 7.35. The molecule has 124 valence electrons. The highest BCUT2D eigenvalue weighted by Crippen LogP contribution is 2.30. The van der Waals surface area contributed by atoms with E-state index in [1.54, 1.807) is 18.2 Å². The van der Waals surface area contributed by atoms with E-state index >= 15 is 0 Å². The highest BCUT2D eigenvalue weighted by Gasteiger charge is 2.19. The summed E-state index contributed by atoms with van der Waals surface area (Å²) in [6.45, 7) is 6.14. The van der Waals surface area contributed by atoms with E-state index in [2.05, 4.69) is 50.4 Å². The van der Waals surface area contributed by atoms with Crippen LogP contribution < -0.4 is 4.72 Å². The largest absolute Gasteiger partial charge is 0.278 e. The number of sulfonamides is 1. The van der Waals surface area contributed by atoms with Crippen molar-refractivity contribution < 1.29 is 8.42 Å². The van der Waals surface area contributed by atoms with Crippen molar-refractivity contribution in [2.45, 2.75) is 38.0 Å². The van der Waals surface area contributed by atoms with Gasteiger partial charge >= 0.3 is 0 Å². The van der Waals surface area contributed by atoms with Gasteiger partial charge in [-0.1, -0.05) is 42.8 Å². The molecule has 2 aromatic rings. The summed E-state index contributed by atoms with van der Waals surface area (Å²) < 4.78 is 29.7. The average Bonchev–Trinajstić information content (AvgIpc) is 2.48. The zero-order valence-electron chi connectivity index (χ0n) is 13.2. The van der Waals surface area contributed by atoms with E-state index in [1.165, 1.54) is 0 Å². The Morgan fingerprint density at radius 1 is 1.09 bits per heavy atom. The highest BCUT2D eigenvalue weighted by atomic mass is 79.9. The summed E-state index contributed by atoms with van der Waals surface area (Å²) in [6.07, 6.45) is 0.642. The second-order valence-corrected chi connectivity index (χ2v) is 9.03. The molecule has 0 spiro atoms. The number of nitrogens with one attached hydrogen (secondary N) is 1. The third kappa shape index (κ3) is 4.37. The van der Waals surface area contributed by atoms with Crippen LogP contribution in [0.25, 0.3) is 0 Å². The van der Waals surface area contributed by atoms with Gasteiger partial charge in [-0.3, -0.25) is 4.72 Å². The molecule has 2 rings (SSSR count). The van der Waals surface area contributed by atoms with Crippen LogP contribution in [0.1, 0.15) is 37.8 Å². The van der Waals surface area contributed by atoms with Gasteiger partial charge in [0.25, 0.3) is 10.0 Å². The van der Waals surface area contributed by atoms with Gasteiger partial charge in [-0.15, -0.1) is 0 Å². The minimum absolute atomic E-state index is 0.308. The SMILES string of the molecule is CCc1cc(Br)ccc1S(=O)(=O)Nc1ccc(C(C)C)cc1Br. The molecule has 0 atom stereocenters. The smallest absolute Gasteiger partial charge is 0.262 e. The molecule has 2 aromatic carbocycles. The maximum atomic E-state index is 12.7. The second-order valence-electron chi connectivity index (χ2n) is 5.61. The quantitative estimate of drug-likeness (QED) is 0.622. The summed E-state index contributed by atoms with van der Waals surface area (Å²) in [5, 5.41) is 0. The lowest BCUT2D eigenvalue weighted by atomic mass is 10.0. The molecule has 0 amide bonds. The van der Waals surface area contributed by atoms with Crippen molar-refractivity contribution in [3.8, 4) is 0 Å². The zero-order chi connectivity index (χ0) is 17.2. The zero-order valence-corrected chi connectivity index (χ0v) is 17.2. The van der Waals surface area contributed by atoms with Crippen LogP contribution in [0.15, 0.2) is 50.2 Å². The van der Waals surface area contributed by atoms with Crippen molar-refractivity contribution in [1.29, 1.82) is 0 Å². The Morgan fingerprint density at radius 3 is 2.35 bits per heavy atom. The highest BCUT2D eigenvalue weighted by molar-refractivity contribution is 9.10. The summed E-state index contributed by atoms with van der Waals surface area (Å²) in [7, 11) is -3.63. The average molecular weight is 461 g/mol. The van der Waals surface area contributed by atoms with Gasteiger partial charge in [0.15, 0.2) is 0 Å². The van der Waals surface area contributed by atoms with Crippen LogP contribution in [-0.2, 0) is 16.4 Å². The van der Waals surface area contributed by atoms with Gasteiger partial charge in [0.2, 0.25) is 0 Å². The predicted octanol–water partition coefficient (Wildman–Crippen LogP) is 5.70. The van der Waals surface area contributed by atoms with Gasteiger partial charge in [0, 0.05) is 8.95 Å². The minimum atomic E-state index is -3.63. The molecular weight excluding hydrogens is 442 g/mol. The summed E-state index contributed by atoms with van der Waals surface area (Å²) in [4.78, 5) is 0.308. The first-order chi connectivity index (χ1) is 10.7. The molecule has 0 aliphatic heterocycles. The van der Waals surface area contributed by atoms with Gasteiger partial charge in [0.05, 0.1) is 10.6 Å². The molecule has 0 aliphatic rings. The number of hydrogen-bond donors (Lipinski definition) is 1. The normalized spacial score (nSPS) is 11.7. The van der Waals surface area contributed by atoms with E-state index in [0.29, 0.717) is 22.9 Å². The maximum Gasteiger partial charge on any atom is 0.262 e. The number of anilines is 1. The van der Waals surface area contributed by atoms with Crippen LogP contribution in [0.5, 0.6) is 0 Å². The molecule has 0 aromatic heterocycles. The van der Waals surface area contributed by atoms with E-state index in [9.17, 15) is 8.42 Å². The number of aryl methyl sites for hydroxylation is 1. The fourth-order valence-electron chi connectivity index (χ4n) is 2.26. The lowest BCUT2D eigenvalue weighted by Gasteiger charge is -2.14. The van der Waals surface area contributed by atoms with E-state index < -0.39 is 10.0 Å². The van der Waals surface area contributed by atoms with E-state index in [-0.39, 0.29) is 0 Å². The number of benzene rings is 2. The van der Waals surface area contributed by atoms with E-state index in [0.717, 1.165) is 20.1 Å². The first-order valence-corrected chi connectivity index (χ1v) is 10.4. The Kier molecular flexibility index (Phi) is 5.92. The van der Waals surface area contributed by atoms with Crippen LogP contribution in [-0.4, -0.2) is 8.42 Å². The molecule has 0 heterocycles. The van der Waals surface area contributed by atoms with Crippen LogP contribution >= 0.6 is 31.9 Å². The molecule has 0 aliphatic carbocycles. The molecule has 0 saturated carbocycles. The molecule has 0 unspecified atom stereocenters. The van der Waals surface area contributed by atoms with Crippen LogP contribution in [0.3, 0.4) is 0 Å². The molecule has 0 radical (unpaired) electrons. The molecule has 1 N–H and O–H groups in total. The molecule has 6 heteroatoms. The van der Waals surface area contributed by atoms with Gasteiger partial charge in [-0.2, -0.15) is 0 Å². The van der Waals surface area contributed by atoms with Gasteiger partial charge in [-0.25, -0.2) is 8.42 Å². The van der Waals surface area contributed by atoms with Crippen LogP contribution in [0.2, 0.25) is 0 Å². The Balaban J connectivity index is 2.39. The molecule has 23 heavy (non-hydrogen) atoms. The summed E-state index contributed by atoms with van der Waals surface area (Å²) in [5.74, 6) is 0.384. The molecule has 0 saturated heterocycles. The topological polar surface area (TPSA) is 46.2 Å². The predicted molar refractivity (Wildman–Crippen MR) is 103 cm³/mol. The molecule has 3 nitrogen and oxygen atoms in total. The Labute approximate surface area is 154 Å². The summed E-state index contributed by atoms with van der Waals surface area (Å²) in [5.41, 5.74) is 2.47. The van der Waals surface area contributed by atoms with Crippen molar-refractivity contribution in [2.24, 2.45) is 0 Å². The van der Waals surface area contributed by atoms with E-state index in [4.69, 9.17) is 0 Å². The van der Waals surface area contributed by atoms with Crippen molar-refractivity contribution in [3.05, 3.63) is 56.5 Å². The van der Waals surface area contributed by atoms with Gasteiger partial charge in [-0.05, 0) is 69.7 Å². The third-order valence-corrected chi connectivity index (χ3v) is 6.21.